The van der Waals surface area contributed by atoms with E-state index in [1.54, 1.807) is 13.8 Å². The molecule has 0 spiro atoms. The molecule has 0 saturated heterocycles. The number of rotatable bonds is 3. The number of carbonyl (C=O) groups excluding carboxylic acids is 2. The highest BCUT2D eigenvalue weighted by Crippen LogP contribution is 2.41. The molecular formula is C14H15ClO5. The highest BCUT2D eigenvalue weighted by molar-refractivity contribution is 6.42. The Balaban J connectivity index is 2.45. The first kappa shape index (κ1) is 14.7. The van der Waals surface area contributed by atoms with Gasteiger partial charge in [-0.1, -0.05) is 11.6 Å². The average Bonchev–Trinajstić information content (AvgIpc) is 2.68. The monoisotopic (exact) mass is 298 g/mol. The van der Waals surface area contributed by atoms with Gasteiger partial charge in [0.05, 0.1) is 24.8 Å². The fraction of sp³-hybridized carbons (Fsp3) is 0.429. The van der Waals surface area contributed by atoms with E-state index in [-0.39, 0.29) is 17.2 Å². The van der Waals surface area contributed by atoms with Crippen molar-refractivity contribution < 1.29 is 23.8 Å². The molecule has 5 nitrogen and oxygen atoms in total. The number of Topliss-reactive ketones (excluding diaryl/α,β-unsaturated/α-hetero) is 1. The standard InChI is InChI=1S/C14H15ClO5/c1-3-18-14(17)11(16)9-7-10(15)13-12(8(9)2)19-5-4-6-20-13/h7H,3-6H2,1-2H3. The molecule has 1 aromatic rings. The van der Waals surface area contributed by atoms with Crippen LogP contribution in [0.2, 0.25) is 5.02 Å². The van der Waals surface area contributed by atoms with E-state index in [1.807, 2.05) is 0 Å². The SMILES string of the molecule is CCOC(=O)C(=O)c1cc(Cl)c2c(c1C)OCCCO2. The fourth-order valence-electron chi connectivity index (χ4n) is 1.96. The number of hydrogen-bond acceptors (Lipinski definition) is 5. The van der Waals surface area contributed by atoms with Crippen molar-refractivity contribution in [2.24, 2.45) is 0 Å². The van der Waals surface area contributed by atoms with Gasteiger partial charge in [-0.3, -0.25) is 4.79 Å². The van der Waals surface area contributed by atoms with Crippen LogP contribution in [0.4, 0.5) is 0 Å². The van der Waals surface area contributed by atoms with Crippen molar-refractivity contribution >= 4 is 23.4 Å². The molecule has 20 heavy (non-hydrogen) atoms. The summed E-state index contributed by atoms with van der Waals surface area (Å²) in [5.41, 5.74) is 0.710. The van der Waals surface area contributed by atoms with Crippen LogP contribution in [0.5, 0.6) is 11.5 Å². The molecule has 108 valence electrons. The van der Waals surface area contributed by atoms with E-state index in [0.717, 1.165) is 6.42 Å². The lowest BCUT2D eigenvalue weighted by Crippen LogP contribution is -2.19. The van der Waals surface area contributed by atoms with Crippen molar-refractivity contribution in [2.45, 2.75) is 20.3 Å². The molecule has 0 unspecified atom stereocenters. The van der Waals surface area contributed by atoms with Gasteiger partial charge in [0.2, 0.25) is 0 Å². The van der Waals surface area contributed by atoms with Gasteiger partial charge in [-0.25, -0.2) is 4.79 Å². The molecule has 1 aromatic carbocycles. The molecule has 2 rings (SSSR count). The molecule has 0 N–H and O–H groups in total. The van der Waals surface area contributed by atoms with Gasteiger partial charge in [-0.2, -0.15) is 0 Å². The van der Waals surface area contributed by atoms with Crippen molar-refractivity contribution in [3.63, 3.8) is 0 Å². The van der Waals surface area contributed by atoms with Gasteiger partial charge in [0.25, 0.3) is 5.78 Å². The molecule has 0 atom stereocenters. The Bertz CT molecular complexity index is 553. The number of halogens is 1. The molecule has 0 saturated carbocycles. The van der Waals surface area contributed by atoms with Gasteiger partial charge >= 0.3 is 5.97 Å². The van der Waals surface area contributed by atoms with Crippen molar-refractivity contribution in [2.75, 3.05) is 19.8 Å². The number of esters is 1. The van der Waals surface area contributed by atoms with Gasteiger partial charge in [0.1, 0.15) is 0 Å². The second-order valence-corrected chi connectivity index (χ2v) is 4.70. The third-order valence-electron chi connectivity index (χ3n) is 2.93. The third kappa shape index (κ3) is 2.72. The second kappa shape index (κ2) is 6.13. The van der Waals surface area contributed by atoms with Gasteiger partial charge in [0, 0.05) is 17.5 Å². The minimum Gasteiger partial charge on any atom is -0.489 e. The van der Waals surface area contributed by atoms with Crippen LogP contribution in [0.1, 0.15) is 29.3 Å². The number of hydrogen-bond donors (Lipinski definition) is 0. The lowest BCUT2D eigenvalue weighted by molar-refractivity contribution is -0.137. The van der Waals surface area contributed by atoms with Crippen LogP contribution < -0.4 is 9.47 Å². The van der Waals surface area contributed by atoms with Crippen molar-refractivity contribution in [1.29, 1.82) is 0 Å². The molecule has 0 aliphatic carbocycles. The smallest absolute Gasteiger partial charge is 0.379 e. The Hall–Kier alpha value is -1.75. The van der Waals surface area contributed by atoms with Crippen LogP contribution in [-0.2, 0) is 9.53 Å². The zero-order chi connectivity index (χ0) is 14.7. The summed E-state index contributed by atoms with van der Waals surface area (Å²) in [6, 6.07) is 1.42. The quantitative estimate of drug-likeness (QED) is 0.487. The Labute approximate surface area is 121 Å². The number of fused-ring (bicyclic) bond motifs is 1. The predicted molar refractivity (Wildman–Crippen MR) is 72.8 cm³/mol. The summed E-state index contributed by atoms with van der Waals surface area (Å²) in [4.78, 5) is 23.6. The number of benzene rings is 1. The van der Waals surface area contributed by atoms with Crippen LogP contribution in [-0.4, -0.2) is 31.6 Å². The van der Waals surface area contributed by atoms with Gasteiger partial charge in [0.15, 0.2) is 11.5 Å². The highest BCUT2D eigenvalue weighted by atomic mass is 35.5. The van der Waals surface area contributed by atoms with Gasteiger partial charge < -0.3 is 14.2 Å². The molecule has 6 heteroatoms. The zero-order valence-corrected chi connectivity index (χ0v) is 12.1. The van der Waals surface area contributed by atoms with Gasteiger partial charge in [-0.15, -0.1) is 0 Å². The number of ketones is 1. The minimum atomic E-state index is -0.902. The Kier molecular flexibility index (Phi) is 4.49. The molecule has 0 bridgehead atoms. The van der Waals surface area contributed by atoms with Crippen LogP contribution in [0, 0.1) is 6.92 Å². The molecule has 0 aromatic heterocycles. The molecular weight excluding hydrogens is 284 g/mol. The molecule has 0 fully saturated rings. The Morgan fingerprint density at radius 3 is 2.60 bits per heavy atom. The molecule has 1 heterocycles. The van der Waals surface area contributed by atoms with E-state index in [0.29, 0.717) is 30.3 Å². The van der Waals surface area contributed by atoms with Crippen LogP contribution in [0.25, 0.3) is 0 Å². The lowest BCUT2D eigenvalue weighted by atomic mass is 10.0. The minimum absolute atomic E-state index is 0.141. The normalized spacial score (nSPS) is 13.6. The van der Waals surface area contributed by atoms with E-state index in [2.05, 4.69) is 0 Å². The van der Waals surface area contributed by atoms with E-state index < -0.39 is 11.8 Å². The largest absolute Gasteiger partial charge is 0.489 e. The summed E-state index contributed by atoms with van der Waals surface area (Å²) in [5.74, 6) is -0.798. The zero-order valence-electron chi connectivity index (χ0n) is 11.3. The first-order chi connectivity index (χ1) is 9.56. The summed E-state index contributed by atoms with van der Waals surface area (Å²) in [6.07, 6.45) is 0.728. The number of carbonyl (C=O) groups is 2. The summed E-state index contributed by atoms with van der Waals surface area (Å²) in [6.45, 7) is 4.44. The molecule has 0 amide bonds. The first-order valence-electron chi connectivity index (χ1n) is 6.36. The maximum Gasteiger partial charge on any atom is 0.379 e. The average molecular weight is 299 g/mol. The lowest BCUT2D eigenvalue weighted by Gasteiger charge is -2.14. The first-order valence-corrected chi connectivity index (χ1v) is 6.74. The van der Waals surface area contributed by atoms with Crippen molar-refractivity contribution in [3.8, 4) is 11.5 Å². The predicted octanol–water partition coefficient (Wildman–Crippen LogP) is 2.56. The maximum atomic E-state index is 12.0. The molecule has 1 aliphatic heterocycles. The van der Waals surface area contributed by atoms with E-state index in [4.69, 9.17) is 25.8 Å². The summed E-state index contributed by atoms with van der Waals surface area (Å²) >= 11 is 6.11. The topological polar surface area (TPSA) is 61.8 Å². The summed E-state index contributed by atoms with van der Waals surface area (Å²) in [5, 5.41) is 0.250. The summed E-state index contributed by atoms with van der Waals surface area (Å²) in [7, 11) is 0. The van der Waals surface area contributed by atoms with Crippen LogP contribution in [0.15, 0.2) is 6.07 Å². The Morgan fingerprint density at radius 2 is 1.95 bits per heavy atom. The maximum absolute atomic E-state index is 12.0. The van der Waals surface area contributed by atoms with Crippen LogP contribution in [0.3, 0.4) is 0 Å². The van der Waals surface area contributed by atoms with E-state index in [9.17, 15) is 9.59 Å². The van der Waals surface area contributed by atoms with Crippen molar-refractivity contribution in [1.82, 2.24) is 0 Å². The van der Waals surface area contributed by atoms with Crippen molar-refractivity contribution in [3.05, 3.63) is 22.2 Å². The second-order valence-electron chi connectivity index (χ2n) is 4.29. The molecule has 1 aliphatic rings. The van der Waals surface area contributed by atoms with E-state index in [1.165, 1.54) is 6.07 Å². The van der Waals surface area contributed by atoms with E-state index >= 15 is 0 Å². The van der Waals surface area contributed by atoms with Gasteiger partial charge in [-0.05, 0) is 19.9 Å². The Morgan fingerprint density at radius 1 is 1.30 bits per heavy atom. The highest BCUT2D eigenvalue weighted by Gasteiger charge is 2.26. The number of ether oxygens (including phenoxy) is 3. The van der Waals surface area contributed by atoms with Crippen LogP contribution >= 0.6 is 11.6 Å². The summed E-state index contributed by atoms with van der Waals surface area (Å²) < 4.78 is 15.8. The molecule has 0 radical (unpaired) electrons. The third-order valence-corrected chi connectivity index (χ3v) is 3.21. The fourth-order valence-corrected chi connectivity index (χ4v) is 2.21.